The number of carboxylic acid groups (broad SMARTS) is 1. The van der Waals surface area contributed by atoms with Gasteiger partial charge in [-0.3, -0.25) is 0 Å². The molecule has 0 heterocycles. The largest absolute Gasteiger partial charge is 0.478 e. The second-order valence-corrected chi connectivity index (χ2v) is 4.51. The van der Waals surface area contributed by atoms with Gasteiger partial charge in [0.2, 0.25) is 0 Å². The van der Waals surface area contributed by atoms with Crippen LogP contribution in [0.5, 0.6) is 11.5 Å². The number of carbonyl (C=O) groups is 1. The van der Waals surface area contributed by atoms with Crippen molar-refractivity contribution in [1.29, 1.82) is 0 Å². The molecular weight excluding hydrogens is 256 g/mol. The summed E-state index contributed by atoms with van der Waals surface area (Å²) in [6.07, 6.45) is 0.618. The van der Waals surface area contributed by atoms with E-state index in [0.717, 1.165) is 11.1 Å². The molecule has 0 unspecified atom stereocenters. The Morgan fingerprint density at radius 2 is 1.85 bits per heavy atom. The molecule has 0 saturated carbocycles. The van der Waals surface area contributed by atoms with Crippen molar-refractivity contribution in [3.63, 3.8) is 0 Å². The minimum absolute atomic E-state index is 0.121. The number of aliphatic hydroxyl groups is 1. The lowest BCUT2D eigenvalue weighted by Gasteiger charge is -2.10. The van der Waals surface area contributed by atoms with Crippen LogP contribution in [0.2, 0.25) is 0 Å². The fourth-order valence-electron chi connectivity index (χ4n) is 1.88. The molecule has 0 aromatic heterocycles. The van der Waals surface area contributed by atoms with Crippen molar-refractivity contribution in [2.75, 3.05) is 6.61 Å². The van der Waals surface area contributed by atoms with Gasteiger partial charge in [0.1, 0.15) is 11.5 Å². The molecule has 20 heavy (non-hydrogen) atoms. The summed E-state index contributed by atoms with van der Waals surface area (Å²) in [5, 5.41) is 17.8. The van der Waals surface area contributed by atoms with Gasteiger partial charge >= 0.3 is 5.97 Å². The molecule has 0 amide bonds. The Morgan fingerprint density at radius 3 is 2.40 bits per heavy atom. The van der Waals surface area contributed by atoms with Crippen molar-refractivity contribution in [3.05, 3.63) is 59.2 Å². The number of hydrogen-bond acceptors (Lipinski definition) is 3. The first-order chi connectivity index (χ1) is 9.60. The number of ether oxygens (including phenoxy) is 1. The van der Waals surface area contributed by atoms with Crippen molar-refractivity contribution in [1.82, 2.24) is 0 Å². The molecule has 2 rings (SSSR count). The Bertz CT molecular complexity index is 602. The van der Waals surface area contributed by atoms with E-state index in [1.807, 2.05) is 31.2 Å². The summed E-state index contributed by atoms with van der Waals surface area (Å²) < 4.78 is 5.72. The Kier molecular flexibility index (Phi) is 4.38. The molecule has 0 radical (unpaired) electrons. The van der Waals surface area contributed by atoms with Crippen LogP contribution in [0.15, 0.2) is 42.5 Å². The maximum atomic E-state index is 10.9. The van der Waals surface area contributed by atoms with E-state index in [1.165, 1.54) is 6.07 Å². The van der Waals surface area contributed by atoms with E-state index < -0.39 is 5.97 Å². The predicted molar refractivity (Wildman–Crippen MR) is 75.4 cm³/mol. The number of carboxylic acids is 1. The van der Waals surface area contributed by atoms with Gasteiger partial charge in [-0.15, -0.1) is 0 Å². The van der Waals surface area contributed by atoms with Gasteiger partial charge in [-0.25, -0.2) is 4.79 Å². The third kappa shape index (κ3) is 3.36. The van der Waals surface area contributed by atoms with Crippen LogP contribution in [0.4, 0.5) is 0 Å². The Hall–Kier alpha value is -2.33. The second kappa shape index (κ2) is 6.21. The quantitative estimate of drug-likeness (QED) is 0.878. The van der Waals surface area contributed by atoms with Crippen molar-refractivity contribution in [2.45, 2.75) is 13.3 Å². The maximum absolute atomic E-state index is 10.9. The van der Waals surface area contributed by atoms with Crippen LogP contribution in [-0.2, 0) is 6.42 Å². The summed E-state index contributed by atoms with van der Waals surface area (Å²) in [5.74, 6) is 0.357. The summed E-state index contributed by atoms with van der Waals surface area (Å²) >= 11 is 0. The smallest absolute Gasteiger partial charge is 0.335 e. The van der Waals surface area contributed by atoms with E-state index in [4.69, 9.17) is 14.9 Å². The number of hydrogen-bond donors (Lipinski definition) is 2. The third-order valence-corrected chi connectivity index (χ3v) is 2.97. The highest BCUT2D eigenvalue weighted by molar-refractivity contribution is 5.88. The van der Waals surface area contributed by atoms with Crippen LogP contribution in [0.25, 0.3) is 0 Å². The minimum atomic E-state index is -0.951. The number of aryl methyl sites for hydroxylation is 1. The van der Waals surface area contributed by atoms with Gasteiger partial charge < -0.3 is 14.9 Å². The summed E-state index contributed by atoms with van der Waals surface area (Å²) in [6, 6.07) is 12.2. The zero-order chi connectivity index (χ0) is 14.5. The molecular formula is C16H16O4. The van der Waals surface area contributed by atoms with Crippen LogP contribution in [-0.4, -0.2) is 22.8 Å². The standard InChI is InChI=1S/C16H16O4/c1-11-10-13(16(18)19)4-7-15(11)20-14-5-2-12(3-6-14)8-9-17/h2-7,10,17H,8-9H2,1H3,(H,18,19). The van der Waals surface area contributed by atoms with Gasteiger partial charge in [-0.1, -0.05) is 12.1 Å². The molecule has 2 N–H and O–H groups in total. The summed E-state index contributed by atoms with van der Waals surface area (Å²) in [6.45, 7) is 1.93. The van der Waals surface area contributed by atoms with E-state index in [9.17, 15) is 4.79 Å². The SMILES string of the molecule is Cc1cc(C(=O)O)ccc1Oc1ccc(CCO)cc1. The molecule has 2 aromatic rings. The molecule has 4 nitrogen and oxygen atoms in total. The number of benzene rings is 2. The fraction of sp³-hybridized carbons (Fsp3) is 0.188. The number of aromatic carboxylic acids is 1. The van der Waals surface area contributed by atoms with Gasteiger partial charge in [0.05, 0.1) is 5.56 Å². The molecule has 0 aliphatic rings. The van der Waals surface area contributed by atoms with Crippen LogP contribution in [0, 0.1) is 6.92 Å². The normalized spacial score (nSPS) is 10.3. The molecule has 2 aromatic carbocycles. The van der Waals surface area contributed by atoms with Crippen molar-refractivity contribution >= 4 is 5.97 Å². The molecule has 0 aliphatic heterocycles. The van der Waals surface area contributed by atoms with E-state index >= 15 is 0 Å². The zero-order valence-electron chi connectivity index (χ0n) is 11.2. The molecule has 0 saturated heterocycles. The van der Waals surface area contributed by atoms with Gasteiger partial charge in [0, 0.05) is 6.61 Å². The Morgan fingerprint density at radius 1 is 1.15 bits per heavy atom. The van der Waals surface area contributed by atoms with Gasteiger partial charge in [0.25, 0.3) is 0 Å². The van der Waals surface area contributed by atoms with Crippen LogP contribution < -0.4 is 4.74 Å². The van der Waals surface area contributed by atoms with E-state index in [0.29, 0.717) is 17.9 Å². The zero-order valence-corrected chi connectivity index (χ0v) is 11.2. The topological polar surface area (TPSA) is 66.8 Å². The molecule has 4 heteroatoms. The van der Waals surface area contributed by atoms with E-state index in [2.05, 4.69) is 0 Å². The Balaban J connectivity index is 2.15. The average molecular weight is 272 g/mol. The molecule has 0 spiro atoms. The van der Waals surface area contributed by atoms with Crippen LogP contribution in [0.3, 0.4) is 0 Å². The fourth-order valence-corrected chi connectivity index (χ4v) is 1.88. The summed E-state index contributed by atoms with van der Waals surface area (Å²) in [5.41, 5.74) is 2.05. The first-order valence-electron chi connectivity index (χ1n) is 6.32. The lowest BCUT2D eigenvalue weighted by Crippen LogP contribution is -1.97. The number of aliphatic hydroxyl groups excluding tert-OH is 1. The molecule has 0 atom stereocenters. The summed E-state index contributed by atoms with van der Waals surface area (Å²) in [7, 11) is 0. The molecule has 0 fully saturated rings. The first kappa shape index (κ1) is 14.1. The van der Waals surface area contributed by atoms with Gasteiger partial charge in [0.15, 0.2) is 0 Å². The highest BCUT2D eigenvalue weighted by Gasteiger charge is 2.07. The monoisotopic (exact) mass is 272 g/mol. The maximum Gasteiger partial charge on any atom is 0.335 e. The predicted octanol–water partition coefficient (Wildman–Crippen LogP) is 3.02. The highest BCUT2D eigenvalue weighted by atomic mass is 16.5. The van der Waals surface area contributed by atoms with Crippen LogP contribution in [0.1, 0.15) is 21.5 Å². The van der Waals surface area contributed by atoms with Gasteiger partial charge in [-0.2, -0.15) is 0 Å². The Labute approximate surface area is 117 Å². The lowest BCUT2D eigenvalue weighted by molar-refractivity contribution is 0.0696. The number of rotatable bonds is 5. The van der Waals surface area contributed by atoms with Crippen molar-refractivity contribution in [2.24, 2.45) is 0 Å². The third-order valence-electron chi connectivity index (χ3n) is 2.97. The minimum Gasteiger partial charge on any atom is -0.478 e. The van der Waals surface area contributed by atoms with Crippen LogP contribution >= 0.6 is 0 Å². The lowest BCUT2D eigenvalue weighted by atomic mass is 10.1. The van der Waals surface area contributed by atoms with E-state index in [-0.39, 0.29) is 12.2 Å². The van der Waals surface area contributed by atoms with Crippen molar-refractivity contribution in [3.8, 4) is 11.5 Å². The molecule has 0 aliphatic carbocycles. The summed E-state index contributed by atoms with van der Waals surface area (Å²) in [4.78, 5) is 10.9. The van der Waals surface area contributed by atoms with Crippen molar-refractivity contribution < 1.29 is 19.7 Å². The molecule has 104 valence electrons. The first-order valence-corrected chi connectivity index (χ1v) is 6.32. The average Bonchev–Trinajstić information content (AvgIpc) is 2.43. The highest BCUT2D eigenvalue weighted by Crippen LogP contribution is 2.26. The second-order valence-electron chi connectivity index (χ2n) is 4.51. The van der Waals surface area contributed by atoms with E-state index in [1.54, 1.807) is 12.1 Å². The van der Waals surface area contributed by atoms with Gasteiger partial charge in [-0.05, 0) is 54.8 Å². The molecule has 0 bridgehead atoms.